The van der Waals surface area contributed by atoms with Gasteiger partial charge in [-0.2, -0.15) is 13.2 Å². The number of hydrogen-bond donors (Lipinski definition) is 2. The van der Waals surface area contributed by atoms with Crippen molar-refractivity contribution in [1.29, 1.82) is 0 Å². The predicted molar refractivity (Wildman–Crippen MR) is 127 cm³/mol. The summed E-state index contributed by atoms with van der Waals surface area (Å²) in [6.45, 7) is 3.71. The molecule has 168 valence electrons. The van der Waals surface area contributed by atoms with E-state index in [0.717, 1.165) is 11.1 Å². The van der Waals surface area contributed by atoms with Gasteiger partial charge in [-0.05, 0) is 55.8 Å². The first-order chi connectivity index (χ1) is 15.7. The molecule has 1 heterocycles. The number of hydrogen-bond acceptors (Lipinski definition) is 5. The van der Waals surface area contributed by atoms with E-state index in [9.17, 15) is 13.2 Å². The van der Waals surface area contributed by atoms with Gasteiger partial charge in [-0.15, -0.1) is 5.10 Å². The van der Waals surface area contributed by atoms with Gasteiger partial charge in [-0.3, -0.25) is 4.79 Å². The van der Waals surface area contributed by atoms with Crippen molar-refractivity contribution >= 4 is 44.2 Å². The van der Waals surface area contributed by atoms with Gasteiger partial charge in [0.1, 0.15) is 11.1 Å². The van der Waals surface area contributed by atoms with Gasteiger partial charge in [0.25, 0.3) is 15.9 Å². The number of nitrogens with one attached hydrogen (secondary N) is 2. The second-order valence-electron chi connectivity index (χ2n) is 7.44. The zero-order chi connectivity index (χ0) is 23.6. The number of sulfonamides is 1. The van der Waals surface area contributed by atoms with E-state index in [4.69, 9.17) is 16.0 Å². The lowest BCUT2D eigenvalue weighted by Crippen LogP contribution is -2.27. The van der Waals surface area contributed by atoms with Crippen molar-refractivity contribution in [3.05, 3.63) is 100 Å². The molecule has 7 nitrogen and oxygen atoms in total. The van der Waals surface area contributed by atoms with Crippen LogP contribution in [0.2, 0.25) is 5.02 Å². The fourth-order valence-corrected chi connectivity index (χ4v) is 4.04. The normalized spacial score (nSPS) is 12.0. The van der Waals surface area contributed by atoms with Crippen molar-refractivity contribution in [1.82, 2.24) is 4.83 Å². The summed E-state index contributed by atoms with van der Waals surface area (Å²) in [4.78, 5) is 15.2. The first-order valence-electron chi connectivity index (χ1n) is 9.95. The van der Waals surface area contributed by atoms with Crippen molar-refractivity contribution in [3.63, 3.8) is 0 Å². The lowest BCUT2D eigenvalue weighted by Gasteiger charge is -2.09. The van der Waals surface area contributed by atoms with E-state index in [2.05, 4.69) is 15.2 Å². The number of halogens is 1. The summed E-state index contributed by atoms with van der Waals surface area (Å²) < 4.78 is 31.1. The third-order valence-electron chi connectivity index (χ3n) is 4.93. The molecular weight excluding hydrogens is 462 g/mol. The number of amides is 1. The van der Waals surface area contributed by atoms with Gasteiger partial charge >= 0.3 is 0 Å². The van der Waals surface area contributed by atoms with E-state index in [1.807, 2.05) is 13.8 Å². The van der Waals surface area contributed by atoms with Gasteiger partial charge in [0.2, 0.25) is 5.55 Å². The summed E-state index contributed by atoms with van der Waals surface area (Å²) in [5.41, 5.74) is 2.59. The molecule has 4 rings (SSSR count). The van der Waals surface area contributed by atoms with E-state index >= 15 is 0 Å². The van der Waals surface area contributed by atoms with Crippen LogP contribution in [0, 0.1) is 13.8 Å². The number of para-hydroxylation sites is 1. The van der Waals surface area contributed by atoms with Gasteiger partial charge in [-0.1, -0.05) is 53.6 Å². The summed E-state index contributed by atoms with van der Waals surface area (Å²) in [5.74, 6) is -0.530. The Morgan fingerprint density at radius 3 is 2.42 bits per heavy atom. The maximum absolute atomic E-state index is 13.1. The minimum absolute atomic E-state index is 0.0398. The summed E-state index contributed by atoms with van der Waals surface area (Å²) in [5, 5.41) is 7.84. The molecule has 4 aromatic rings. The van der Waals surface area contributed by atoms with Crippen LogP contribution in [-0.2, 0) is 10.0 Å². The minimum atomic E-state index is -3.97. The van der Waals surface area contributed by atoms with Crippen molar-refractivity contribution in [2.75, 3.05) is 5.32 Å². The summed E-state index contributed by atoms with van der Waals surface area (Å²) in [6, 6.07) is 20.1. The first kappa shape index (κ1) is 22.6. The quantitative estimate of drug-likeness (QED) is 0.402. The summed E-state index contributed by atoms with van der Waals surface area (Å²) in [6.07, 6.45) is 0. The lowest BCUT2D eigenvalue weighted by atomic mass is 10.1. The molecule has 0 bridgehead atoms. The zero-order valence-corrected chi connectivity index (χ0v) is 19.4. The SMILES string of the molecule is Cc1ccc(S(=O)(=O)N/N=c2\oc3ccccc3cc2C(=O)Nc2ccc(C)c(Cl)c2)cc1. The van der Waals surface area contributed by atoms with E-state index in [1.54, 1.807) is 60.7 Å². The van der Waals surface area contributed by atoms with Gasteiger partial charge in [-0.25, -0.2) is 0 Å². The Morgan fingerprint density at radius 1 is 0.970 bits per heavy atom. The third kappa shape index (κ3) is 5.08. The average Bonchev–Trinajstić information content (AvgIpc) is 2.80. The van der Waals surface area contributed by atoms with Gasteiger partial charge in [0.05, 0.1) is 4.90 Å². The van der Waals surface area contributed by atoms with Gasteiger partial charge < -0.3 is 9.73 Å². The van der Waals surface area contributed by atoms with Gasteiger partial charge in [0.15, 0.2) is 0 Å². The highest BCUT2D eigenvalue weighted by Gasteiger charge is 2.16. The molecule has 0 aliphatic carbocycles. The second kappa shape index (κ2) is 9.09. The standard InChI is InChI=1S/C24H20ClN3O4S/c1-15-7-11-19(12-8-15)33(30,31)28-27-24-20(13-17-5-3-4-6-22(17)32-24)23(29)26-18-10-9-16(2)21(25)14-18/h3-14,28H,1-2H3,(H,26,29)/b27-24-. The van der Waals surface area contributed by atoms with Crippen LogP contribution in [0.1, 0.15) is 21.5 Å². The van der Waals surface area contributed by atoms with E-state index in [1.165, 1.54) is 12.1 Å². The highest BCUT2D eigenvalue weighted by Crippen LogP contribution is 2.21. The van der Waals surface area contributed by atoms with E-state index < -0.39 is 15.9 Å². The number of anilines is 1. The Kier molecular flexibility index (Phi) is 6.22. The number of carbonyl (C=O) groups is 1. The predicted octanol–water partition coefficient (Wildman–Crippen LogP) is 4.75. The first-order valence-corrected chi connectivity index (χ1v) is 11.8. The van der Waals surface area contributed by atoms with Crippen LogP contribution in [-0.4, -0.2) is 14.3 Å². The van der Waals surface area contributed by atoms with E-state index in [0.29, 0.717) is 21.7 Å². The van der Waals surface area contributed by atoms with Crippen LogP contribution in [0.25, 0.3) is 11.0 Å². The molecule has 0 fully saturated rings. The highest BCUT2D eigenvalue weighted by molar-refractivity contribution is 7.89. The summed E-state index contributed by atoms with van der Waals surface area (Å²) >= 11 is 6.16. The molecule has 0 radical (unpaired) electrons. The Morgan fingerprint density at radius 2 is 1.70 bits per heavy atom. The molecule has 9 heteroatoms. The van der Waals surface area contributed by atoms with Crippen molar-refractivity contribution < 1.29 is 17.6 Å². The molecule has 0 saturated heterocycles. The molecule has 3 aromatic carbocycles. The van der Waals surface area contributed by atoms with E-state index in [-0.39, 0.29) is 16.0 Å². The fraction of sp³-hybridized carbons (Fsp3) is 0.0833. The average molecular weight is 482 g/mol. The Labute approximate surface area is 195 Å². The second-order valence-corrected chi connectivity index (χ2v) is 9.51. The molecule has 33 heavy (non-hydrogen) atoms. The molecule has 1 amide bonds. The molecular formula is C24H20ClN3O4S. The fourth-order valence-electron chi connectivity index (χ4n) is 3.06. The molecule has 0 saturated carbocycles. The lowest BCUT2D eigenvalue weighted by molar-refractivity contribution is 0.102. The van der Waals surface area contributed by atoms with Crippen molar-refractivity contribution in [2.45, 2.75) is 18.7 Å². The van der Waals surface area contributed by atoms with Crippen LogP contribution < -0.4 is 15.7 Å². The Hall–Kier alpha value is -3.62. The van der Waals surface area contributed by atoms with Crippen LogP contribution in [0.5, 0.6) is 0 Å². The number of fused-ring (bicyclic) bond motifs is 1. The zero-order valence-electron chi connectivity index (χ0n) is 17.8. The number of benzene rings is 3. The minimum Gasteiger partial charge on any atom is -0.436 e. The topological polar surface area (TPSA) is 101 Å². The van der Waals surface area contributed by atoms with Crippen LogP contribution in [0.4, 0.5) is 5.69 Å². The number of rotatable bonds is 5. The molecule has 0 spiro atoms. The maximum atomic E-state index is 13.1. The van der Waals surface area contributed by atoms with Crippen LogP contribution >= 0.6 is 11.6 Å². The molecule has 0 atom stereocenters. The van der Waals surface area contributed by atoms with Gasteiger partial charge in [0, 0.05) is 16.1 Å². The van der Waals surface area contributed by atoms with Crippen LogP contribution in [0.15, 0.2) is 87.2 Å². The molecule has 2 N–H and O–H groups in total. The molecule has 0 aliphatic heterocycles. The smallest absolute Gasteiger partial charge is 0.276 e. The number of aryl methyl sites for hydroxylation is 2. The summed E-state index contributed by atoms with van der Waals surface area (Å²) in [7, 11) is -3.97. The Bertz CT molecular complexity index is 1530. The molecule has 0 aliphatic rings. The number of nitrogens with zero attached hydrogens (tertiary/aromatic N) is 1. The van der Waals surface area contributed by atoms with Crippen LogP contribution in [0.3, 0.4) is 0 Å². The molecule has 0 unspecified atom stereocenters. The maximum Gasteiger partial charge on any atom is 0.276 e. The largest absolute Gasteiger partial charge is 0.436 e. The molecule has 1 aromatic heterocycles. The third-order valence-corrected chi connectivity index (χ3v) is 6.56. The van der Waals surface area contributed by atoms with Crippen molar-refractivity contribution in [3.8, 4) is 0 Å². The Balaban J connectivity index is 1.74. The number of carbonyl (C=O) groups excluding carboxylic acids is 1. The monoisotopic (exact) mass is 481 g/mol. The highest BCUT2D eigenvalue weighted by atomic mass is 35.5. The van der Waals surface area contributed by atoms with Crippen molar-refractivity contribution in [2.24, 2.45) is 5.10 Å².